The lowest BCUT2D eigenvalue weighted by Crippen LogP contribution is -2.58. The van der Waals surface area contributed by atoms with E-state index in [9.17, 15) is 0 Å². The van der Waals surface area contributed by atoms with Crippen LogP contribution in [0.5, 0.6) is 0 Å². The Labute approximate surface area is 148 Å². The number of nitrogens with one attached hydrogen (secondary N) is 2. The van der Waals surface area contributed by atoms with Crippen LogP contribution in [0.1, 0.15) is 44.1 Å². The predicted octanol–water partition coefficient (Wildman–Crippen LogP) is 4.79. The van der Waals surface area contributed by atoms with Crippen LogP contribution in [-0.2, 0) is 6.54 Å². The molecular formula is C20H24ClN3. The van der Waals surface area contributed by atoms with Gasteiger partial charge >= 0.3 is 0 Å². The second-order valence-corrected chi connectivity index (χ2v) is 8.77. The molecule has 24 heavy (non-hydrogen) atoms. The molecule has 2 aromatic rings. The molecule has 4 aliphatic rings. The first-order chi connectivity index (χ1) is 11.7. The summed E-state index contributed by atoms with van der Waals surface area (Å²) in [6.07, 6.45) is 10.6. The van der Waals surface area contributed by atoms with Gasteiger partial charge in [-0.05, 0) is 74.0 Å². The molecule has 126 valence electrons. The standard InChI is InChI=1S/C20H24ClN3/c21-18-3-1-16(2-4-18)19-17(12-23-24-19)11-22-20-8-13-5-14(9-20)7-15(6-13)10-20/h1-4,12-15,22H,5-11H2,(H,23,24). The van der Waals surface area contributed by atoms with Crippen molar-refractivity contribution < 1.29 is 0 Å². The van der Waals surface area contributed by atoms with Gasteiger partial charge in [0.2, 0.25) is 0 Å². The summed E-state index contributed by atoms with van der Waals surface area (Å²) in [7, 11) is 0. The van der Waals surface area contributed by atoms with Gasteiger partial charge in [0, 0.05) is 22.7 Å². The molecule has 0 unspecified atom stereocenters. The summed E-state index contributed by atoms with van der Waals surface area (Å²) in [4.78, 5) is 0. The quantitative estimate of drug-likeness (QED) is 0.839. The normalized spacial score (nSPS) is 34.0. The number of nitrogens with zero attached hydrogens (tertiary/aromatic N) is 1. The molecule has 6 rings (SSSR count). The summed E-state index contributed by atoms with van der Waals surface area (Å²) in [6.45, 7) is 0.903. The van der Waals surface area contributed by atoms with Gasteiger partial charge in [-0.25, -0.2) is 0 Å². The maximum atomic E-state index is 6.01. The molecule has 4 bridgehead atoms. The molecule has 4 saturated carbocycles. The second-order valence-electron chi connectivity index (χ2n) is 8.33. The predicted molar refractivity (Wildman–Crippen MR) is 96.8 cm³/mol. The Balaban J connectivity index is 1.34. The fraction of sp³-hybridized carbons (Fsp3) is 0.550. The van der Waals surface area contributed by atoms with Crippen LogP contribution in [0.25, 0.3) is 11.3 Å². The van der Waals surface area contributed by atoms with Crippen molar-refractivity contribution >= 4 is 11.6 Å². The van der Waals surface area contributed by atoms with E-state index in [4.69, 9.17) is 11.6 Å². The summed E-state index contributed by atoms with van der Waals surface area (Å²) >= 11 is 6.01. The minimum Gasteiger partial charge on any atom is -0.307 e. The van der Waals surface area contributed by atoms with Gasteiger partial charge in [0.25, 0.3) is 0 Å². The lowest BCUT2D eigenvalue weighted by atomic mass is 9.53. The molecule has 4 heteroatoms. The molecule has 0 radical (unpaired) electrons. The van der Waals surface area contributed by atoms with E-state index in [1.807, 2.05) is 18.3 Å². The van der Waals surface area contributed by atoms with Crippen molar-refractivity contribution in [2.24, 2.45) is 17.8 Å². The van der Waals surface area contributed by atoms with Crippen molar-refractivity contribution in [2.75, 3.05) is 0 Å². The van der Waals surface area contributed by atoms with Crippen molar-refractivity contribution in [3.05, 3.63) is 41.0 Å². The lowest BCUT2D eigenvalue weighted by molar-refractivity contribution is -0.0205. The van der Waals surface area contributed by atoms with E-state index in [1.54, 1.807) is 0 Å². The Kier molecular flexibility index (Phi) is 3.50. The first-order valence-electron chi connectivity index (χ1n) is 9.22. The fourth-order valence-electron chi connectivity index (χ4n) is 5.92. The van der Waals surface area contributed by atoms with Gasteiger partial charge in [0.05, 0.1) is 11.9 Å². The van der Waals surface area contributed by atoms with E-state index in [0.29, 0.717) is 5.54 Å². The van der Waals surface area contributed by atoms with Gasteiger partial charge < -0.3 is 5.32 Å². The average molecular weight is 342 g/mol. The number of benzene rings is 1. The topological polar surface area (TPSA) is 40.7 Å². The largest absolute Gasteiger partial charge is 0.307 e. The number of aromatic nitrogens is 2. The van der Waals surface area contributed by atoms with Crippen LogP contribution >= 0.6 is 11.6 Å². The molecule has 3 nitrogen and oxygen atoms in total. The van der Waals surface area contributed by atoms with Crippen LogP contribution in [0.15, 0.2) is 30.5 Å². The third kappa shape index (κ3) is 2.58. The van der Waals surface area contributed by atoms with E-state index in [1.165, 1.54) is 44.1 Å². The van der Waals surface area contributed by atoms with Crippen molar-refractivity contribution in [3.8, 4) is 11.3 Å². The van der Waals surface area contributed by atoms with Crippen LogP contribution < -0.4 is 5.32 Å². The van der Waals surface area contributed by atoms with Crippen LogP contribution in [0, 0.1) is 17.8 Å². The summed E-state index contributed by atoms with van der Waals surface area (Å²) in [5.41, 5.74) is 3.92. The number of aromatic amines is 1. The van der Waals surface area contributed by atoms with Gasteiger partial charge in [0.1, 0.15) is 0 Å². The van der Waals surface area contributed by atoms with Crippen LogP contribution in [0.3, 0.4) is 0 Å². The van der Waals surface area contributed by atoms with Gasteiger partial charge in [-0.2, -0.15) is 5.10 Å². The highest BCUT2D eigenvalue weighted by atomic mass is 35.5. The highest BCUT2D eigenvalue weighted by molar-refractivity contribution is 6.30. The van der Waals surface area contributed by atoms with Crippen LogP contribution in [-0.4, -0.2) is 15.7 Å². The third-order valence-corrected chi connectivity index (χ3v) is 6.79. The number of hydrogen-bond donors (Lipinski definition) is 2. The Morgan fingerprint density at radius 2 is 1.67 bits per heavy atom. The van der Waals surface area contributed by atoms with Crippen molar-refractivity contribution in [1.82, 2.24) is 15.5 Å². The van der Waals surface area contributed by atoms with E-state index >= 15 is 0 Å². The highest BCUT2D eigenvalue weighted by Crippen LogP contribution is 2.55. The SMILES string of the molecule is Clc1ccc(-c2[nH]ncc2CNC23CC4CC(CC(C4)C2)C3)cc1. The third-order valence-electron chi connectivity index (χ3n) is 6.54. The summed E-state index contributed by atoms with van der Waals surface area (Å²) in [6, 6.07) is 8.00. The number of halogens is 1. The average Bonchev–Trinajstić information content (AvgIpc) is 3.01. The fourth-order valence-corrected chi connectivity index (χ4v) is 6.05. The van der Waals surface area contributed by atoms with E-state index < -0.39 is 0 Å². The minimum absolute atomic E-state index is 0.392. The molecule has 1 heterocycles. The number of H-pyrrole nitrogens is 1. The molecule has 0 spiro atoms. The summed E-state index contributed by atoms with van der Waals surface area (Å²) in [5.74, 6) is 2.93. The molecule has 0 aliphatic heterocycles. The van der Waals surface area contributed by atoms with E-state index in [-0.39, 0.29) is 0 Å². The molecule has 1 aromatic heterocycles. The molecule has 4 fully saturated rings. The smallest absolute Gasteiger partial charge is 0.0695 e. The van der Waals surface area contributed by atoms with Crippen molar-refractivity contribution in [1.29, 1.82) is 0 Å². The van der Waals surface area contributed by atoms with Crippen molar-refractivity contribution in [2.45, 2.75) is 50.6 Å². The van der Waals surface area contributed by atoms with Crippen LogP contribution in [0.2, 0.25) is 5.02 Å². The van der Waals surface area contributed by atoms with E-state index in [2.05, 4.69) is 27.6 Å². The molecule has 4 aliphatic carbocycles. The van der Waals surface area contributed by atoms with Gasteiger partial charge in [0.15, 0.2) is 0 Å². The lowest BCUT2D eigenvalue weighted by Gasteiger charge is -2.57. The van der Waals surface area contributed by atoms with Gasteiger partial charge in [-0.15, -0.1) is 0 Å². The zero-order valence-corrected chi connectivity index (χ0v) is 14.6. The maximum absolute atomic E-state index is 6.01. The Hall–Kier alpha value is -1.32. The molecule has 0 atom stereocenters. The van der Waals surface area contributed by atoms with E-state index in [0.717, 1.165) is 40.6 Å². The zero-order valence-electron chi connectivity index (χ0n) is 13.9. The monoisotopic (exact) mass is 341 g/mol. The zero-order chi connectivity index (χ0) is 16.1. The molecule has 2 N–H and O–H groups in total. The number of hydrogen-bond acceptors (Lipinski definition) is 2. The summed E-state index contributed by atoms with van der Waals surface area (Å²) in [5, 5.41) is 12.2. The Bertz CT molecular complexity index is 698. The Morgan fingerprint density at radius 1 is 1.04 bits per heavy atom. The highest BCUT2D eigenvalue weighted by Gasteiger charge is 2.50. The molecule has 1 aromatic carbocycles. The van der Waals surface area contributed by atoms with Crippen molar-refractivity contribution in [3.63, 3.8) is 0 Å². The maximum Gasteiger partial charge on any atom is 0.0695 e. The molecule has 0 amide bonds. The van der Waals surface area contributed by atoms with Gasteiger partial charge in [-0.3, -0.25) is 5.10 Å². The first kappa shape index (κ1) is 15.0. The Morgan fingerprint density at radius 3 is 2.29 bits per heavy atom. The molecule has 0 saturated heterocycles. The summed E-state index contributed by atoms with van der Waals surface area (Å²) < 4.78 is 0. The molecular weight excluding hydrogens is 318 g/mol. The minimum atomic E-state index is 0.392. The second kappa shape index (κ2) is 5.60. The first-order valence-corrected chi connectivity index (χ1v) is 9.60. The van der Waals surface area contributed by atoms with Gasteiger partial charge in [-0.1, -0.05) is 23.7 Å². The number of rotatable bonds is 4. The van der Waals surface area contributed by atoms with Crippen LogP contribution in [0.4, 0.5) is 0 Å².